The van der Waals surface area contributed by atoms with Gasteiger partial charge in [0.2, 0.25) is 0 Å². The summed E-state index contributed by atoms with van der Waals surface area (Å²) in [5.41, 5.74) is 7.71. The van der Waals surface area contributed by atoms with Gasteiger partial charge in [0.15, 0.2) is 9.84 Å². The van der Waals surface area contributed by atoms with Crippen LogP contribution in [0.2, 0.25) is 0 Å². The molecule has 21 heavy (non-hydrogen) atoms. The molecule has 0 saturated carbocycles. The zero-order valence-electron chi connectivity index (χ0n) is 11.3. The van der Waals surface area contributed by atoms with Gasteiger partial charge in [-0.2, -0.15) is 5.10 Å². The van der Waals surface area contributed by atoms with Crippen molar-refractivity contribution >= 4 is 31.6 Å². The summed E-state index contributed by atoms with van der Waals surface area (Å²) in [7, 11) is -1.11. The average Bonchev–Trinajstić information content (AvgIpc) is 2.70. The molecular weight excluding hydrogens is 358 g/mol. The predicted molar refractivity (Wildman–Crippen MR) is 83.8 cm³/mol. The molecule has 1 aliphatic rings. The van der Waals surface area contributed by atoms with E-state index in [1.807, 2.05) is 12.1 Å². The van der Waals surface area contributed by atoms with Gasteiger partial charge in [-0.25, -0.2) is 8.42 Å². The topological polar surface area (TPSA) is 87.2 Å². The molecule has 2 aromatic rings. The van der Waals surface area contributed by atoms with E-state index in [0.29, 0.717) is 11.6 Å². The quantitative estimate of drug-likeness (QED) is 0.885. The second kappa shape index (κ2) is 5.03. The molecule has 0 bridgehead atoms. The van der Waals surface area contributed by atoms with E-state index < -0.39 is 9.84 Å². The van der Waals surface area contributed by atoms with Gasteiger partial charge >= 0.3 is 0 Å². The van der Waals surface area contributed by atoms with Crippen LogP contribution in [0.1, 0.15) is 0 Å². The maximum absolute atomic E-state index is 11.1. The number of nitrogens with zero attached hydrogens (tertiary/aromatic N) is 2. The highest BCUT2D eigenvalue weighted by molar-refractivity contribution is 9.10. The summed E-state index contributed by atoms with van der Waals surface area (Å²) in [4.78, 5) is 0. The lowest BCUT2D eigenvalue weighted by atomic mass is 10.1. The zero-order chi connectivity index (χ0) is 15.2. The van der Waals surface area contributed by atoms with Gasteiger partial charge in [-0.15, -0.1) is 0 Å². The number of hydrogen-bond donors (Lipinski definition) is 1. The van der Waals surface area contributed by atoms with Crippen LogP contribution in [0.15, 0.2) is 28.9 Å². The van der Waals surface area contributed by atoms with E-state index in [1.165, 1.54) is 0 Å². The van der Waals surface area contributed by atoms with Gasteiger partial charge in [0, 0.05) is 12.6 Å². The maximum atomic E-state index is 11.1. The molecule has 8 heteroatoms. The lowest BCUT2D eigenvalue weighted by Crippen LogP contribution is -2.45. The number of anilines is 1. The lowest BCUT2D eigenvalue weighted by molar-refractivity contribution is 0.229. The Labute approximate surface area is 130 Å². The zero-order valence-corrected chi connectivity index (χ0v) is 13.7. The Kier molecular flexibility index (Phi) is 3.45. The Morgan fingerprint density at radius 1 is 1.43 bits per heavy atom. The van der Waals surface area contributed by atoms with E-state index in [0.717, 1.165) is 15.6 Å². The van der Waals surface area contributed by atoms with Crippen molar-refractivity contribution in [2.24, 2.45) is 7.05 Å². The summed E-state index contributed by atoms with van der Waals surface area (Å²) < 4.78 is 30.3. The van der Waals surface area contributed by atoms with E-state index in [1.54, 1.807) is 24.0 Å². The molecular formula is C13H14BrN3O3S. The molecule has 1 saturated heterocycles. The number of ether oxygens (including phenoxy) is 1. The van der Waals surface area contributed by atoms with Crippen molar-refractivity contribution in [2.75, 3.05) is 17.2 Å². The molecule has 2 N–H and O–H groups in total. The van der Waals surface area contributed by atoms with Crippen LogP contribution < -0.4 is 10.5 Å². The number of sulfone groups is 1. The molecule has 0 amide bonds. The first-order valence-corrected chi connectivity index (χ1v) is 8.91. The normalized spacial score (nSPS) is 17.4. The fourth-order valence-corrected chi connectivity index (χ4v) is 3.84. The molecule has 2 heterocycles. The maximum Gasteiger partial charge on any atom is 0.157 e. The van der Waals surface area contributed by atoms with Gasteiger partial charge in [0.1, 0.15) is 17.7 Å². The van der Waals surface area contributed by atoms with Gasteiger partial charge in [0.25, 0.3) is 0 Å². The summed E-state index contributed by atoms with van der Waals surface area (Å²) in [5, 5.41) is 4.11. The third-order valence-corrected chi connectivity index (χ3v) is 5.78. The Balaban J connectivity index is 1.82. The molecule has 0 radical (unpaired) electrons. The number of nitrogen functional groups attached to an aromatic ring is 1. The minimum atomic E-state index is -2.89. The third-order valence-electron chi connectivity index (χ3n) is 3.40. The van der Waals surface area contributed by atoms with Crippen LogP contribution in [0.3, 0.4) is 0 Å². The van der Waals surface area contributed by atoms with Crippen LogP contribution >= 0.6 is 15.9 Å². The van der Waals surface area contributed by atoms with Crippen LogP contribution in [-0.4, -0.2) is 35.8 Å². The Morgan fingerprint density at radius 2 is 2.14 bits per heavy atom. The molecule has 1 aromatic heterocycles. The van der Waals surface area contributed by atoms with Gasteiger partial charge in [-0.1, -0.05) is 6.07 Å². The number of hydrogen-bond acceptors (Lipinski definition) is 5. The van der Waals surface area contributed by atoms with Crippen LogP contribution in [0.25, 0.3) is 11.1 Å². The smallest absolute Gasteiger partial charge is 0.157 e. The molecule has 112 valence electrons. The monoisotopic (exact) mass is 371 g/mol. The van der Waals surface area contributed by atoms with Gasteiger partial charge in [-0.05, 0) is 33.6 Å². The lowest BCUT2D eigenvalue weighted by Gasteiger charge is -2.27. The second-order valence-corrected chi connectivity index (χ2v) is 8.04. The number of aryl methyl sites for hydroxylation is 1. The molecule has 1 aliphatic heterocycles. The van der Waals surface area contributed by atoms with Crippen LogP contribution in [0.4, 0.5) is 5.82 Å². The summed E-state index contributed by atoms with van der Waals surface area (Å²) >= 11 is 3.44. The Bertz CT molecular complexity index is 789. The fraction of sp³-hybridized carbons (Fsp3) is 0.308. The number of halogens is 1. The molecule has 1 aromatic carbocycles. The summed E-state index contributed by atoms with van der Waals surface area (Å²) in [6.07, 6.45) is 1.44. The highest BCUT2D eigenvalue weighted by Crippen LogP contribution is 2.34. The minimum Gasteiger partial charge on any atom is -0.487 e. The SMILES string of the molecule is Cn1ncc(-c2ccc(OC3CS(=O)(=O)C3)c(Br)c2)c1N. The Hall–Kier alpha value is -1.54. The second-order valence-electron chi connectivity index (χ2n) is 5.03. The minimum absolute atomic E-state index is 0.0801. The molecule has 3 rings (SSSR count). The largest absolute Gasteiger partial charge is 0.487 e. The average molecular weight is 372 g/mol. The van der Waals surface area contributed by atoms with Crippen molar-refractivity contribution < 1.29 is 13.2 Å². The van der Waals surface area contributed by atoms with Crippen LogP contribution in [0.5, 0.6) is 5.75 Å². The number of nitrogens with two attached hydrogens (primary N) is 1. The van der Waals surface area contributed by atoms with Gasteiger partial charge < -0.3 is 10.5 Å². The molecule has 1 fully saturated rings. The van der Waals surface area contributed by atoms with Crippen LogP contribution in [-0.2, 0) is 16.9 Å². The number of aromatic nitrogens is 2. The van der Waals surface area contributed by atoms with E-state index in [-0.39, 0.29) is 17.6 Å². The van der Waals surface area contributed by atoms with Crippen molar-refractivity contribution in [3.05, 3.63) is 28.9 Å². The summed E-state index contributed by atoms with van der Waals surface area (Å²) in [6.45, 7) is 0. The first kappa shape index (κ1) is 14.4. The predicted octanol–water partition coefficient (Wildman–Crippen LogP) is 1.61. The highest BCUT2D eigenvalue weighted by Gasteiger charge is 2.35. The van der Waals surface area contributed by atoms with Crippen molar-refractivity contribution in [1.82, 2.24) is 9.78 Å². The summed E-state index contributed by atoms with van der Waals surface area (Å²) in [6, 6.07) is 5.56. The van der Waals surface area contributed by atoms with Crippen molar-refractivity contribution in [3.8, 4) is 16.9 Å². The Morgan fingerprint density at radius 3 is 2.67 bits per heavy atom. The number of rotatable bonds is 3. The first-order valence-electron chi connectivity index (χ1n) is 6.30. The molecule has 0 spiro atoms. The molecule has 0 atom stereocenters. The van der Waals surface area contributed by atoms with E-state index in [4.69, 9.17) is 10.5 Å². The van der Waals surface area contributed by atoms with E-state index >= 15 is 0 Å². The third kappa shape index (κ3) is 2.77. The molecule has 0 unspecified atom stereocenters. The van der Waals surface area contributed by atoms with Crippen molar-refractivity contribution in [1.29, 1.82) is 0 Å². The van der Waals surface area contributed by atoms with Crippen LogP contribution in [0, 0.1) is 0 Å². The number of benzene rings is 1. The van der Waals surface area contributed by atoms with Gasteiger partial charge in [-0.3, -0.25) is 4.68 Å². The van der Waals surface area contributed by atoms with Crippen molar-refractivity contribution in [3.63, 3.8) is 0 Å². The van der Waals surface area contributed by atoms with Gasteiger partial charge in [0.05, 0.1) is 22.2 Å². The standard InChI is InChI=1S/C13H14BrN3O3S/c1-17-13(15)10(5-16-17)8-2-3-12(11(14)4-8)20-9-6-21(18,19)7-9/h2-5,9H,6-7,15H2,1H3. The molecule has 0 aliphatic carbocycles. The van der Waals surface area contributed by atoms with E-state index in [9.17, 15) is 8.42 Å². The van der Waals surface area contributed by atoms with E-state index in [2.05, 4.69) is 21.0 Å². The summed E-state index contributed by atoms with van der Waals surface area (Å²) in [5.74, 6) is 1.37. The fourth-order valence-electron chi connectivity index (χ4n) is 2.20. The first-order chi connectivity index (χ1) is 9.85. The molecule has 6 nitrogen and oxygen atoms in total. The van der Waals surface area contributed by atoms with Crippen molar-refractivity contribution in [2.45, 2.75) is 6.10 Å². The highest BCUT2D eigenvalue weighted by atomic mass is 79.9.